The molecule has 0 fully saturated rings. The van der Waals surface area contributed by atoms with Crippen LogP contribution in [-0.4, -0.2) is 23.9 Å². The van der Waals surface area contributed by atoms with E-state index in [0.29, 0.717) is 0 Å². The lowest BCUT2D eigenvalue weighted by Crippen LogP contribution is -2.41. The number of methoxy groups -OCH3 is 1. The molecule has 86 valence electrons. The normalized spacial score (nSPS) is 19.1. The van der Waals surface area contributed by atoms with Crippen LogP contribution in [0.4, 0.5) is 0 Å². The number of ether oxygens (including phenoxy) is 1. The van der Waals surface area contributed by atoms with Gasteiger partial charge in [-0.3, -0.25) is 0 Å². The zero-order chi connectivity index (χ0) is 11.4. The first-order valence-corrected chi connectivity index (χ1v) is 5.48. The average Bonchev–Trinajstić information content (AvgIpc) is 2.11. The first kappa shape index (κ1) is 13.9. The van der Waals surface area contributed by atoms with E-state index in [2.05, 4.69) is 20.8 Å². The molecule has 14 heavy (non-hydrogen) atoms. The maximum Gasteiger partial charge on any atom is 0.0905 e. The van der Waals surface area contributed by atoms with E-state index in [1.54, 1.807) is 7.11 Å². The summed E-state index contributed by atoms with van der Waals surface area (Å²) in [7, 11) is 1.67. The summed E-state index contributed by atoms with van der Waals surface area (Å²) in [6, 6.07) is 0. The van der Waals surface area contributed by atoms with Crippen LogP contribution in [0.25, 0.3) is 0 Å². The number of hydrogen-bond acceptors (Lipinski definition) is 2. The molecule has 0 aromatic carbocycles. The zero-order valence-electron chi connectivity index (χ0n) is 10.6. The molecule has 0 bridgehead atoms. The predicted octanol–water partition coefficient (Wildman–Crippen LogP) is 2.99. The molecule has 2 heteroatoms. The smallest absolute Gasteiger partial charge is 0.0905 e. The van der Waals surface area contributed by atoms with Crippen molar-refractivity contribution in [2.45, 2.75) is 65.6 Å². The van der Waals surface area contributed by atoms with E-state index >= 15 is 0 Å². The maximum absolute atomic E-state index is 10.0. The summed E-state index contributed by atoms with van der Waals surface area (Å²) in [5.41, 5.74) is -0.103. The van der Waals surface area contributed by atoms with Gasteiger partial charge in [0.1, 0.15) is 0 Å². The molecule has 0 heterocycles. The van der Waals surface area contributed by atoms with Crippen molar-refractivity contribution in [3.8, 4) is 0 Å². The van der Waals surface area contributed by atoms with Gasteiger partial charge in [0.15, 0.2) is 0 Å². The van der Waals surface area contributed by atoms with E-state index in [1.807, 2.05) is 13.8 Å². The topological polar surface area (TPSA) is 29.5 Å². The van der Waals surface area contributed by atoms with E-state index in [1.165, 1.54) is 0 Å². The molecule has 0 radical (unpaired) electrons. The third-order valence-corrected chi connectivity index (χ3v) is 3.04. The van der Waals surface area contributed by atoms with Gasteiger partial charge in [0.25, 0.3) is 0 Å². The monoisotopic (exact) mass is 202 g/mol. The summed E-state index contributed by atoms with van der Waals surface area (Å²) >= 11 is 0. The lowest BCUT2D eigenvalue weighted by molar-refractivity contribution is -0.0973. The number of rotatable bonds is 5. The van der Waals surface area contributed by atoms with Gasteiger partial charge < -0.3 is 9.84 Å². The third-order valence-electron chi connectivity index (χ3n) is 3.04. The van der Waals surface area contributed by atoms with E-state index in [4.69, 9.17) is 4.74 Å². The first-order chi connectivity index (χ1) is 6.25. The highest BCUT2D eigenvalue weighted by Gasteiger charge is 2.31. The molecule has 0 amide bonds. The molecule has 0 aromatic rings. The molecule has 0 saturated heterocycles. The summed E-state index contributed by atoms with van der Waals surface area (Å²) in [4.78, 5) is 0. The van der Waals surface area contributed by atoms with Crippen molar-refractivity contribution in [2.24, 2.45) is 5.41 Å². The second-order valence-electron chi connectivity index (χ2n) is 5.49. The Morgan fingerprint density at radius 3 is 2.00 bits per heavy atom. The quantitative estimate of drug-likeness (QED) is 0.742. The van der Waals surface area contributed by atoms with Crippen LogP contribution in [0.3, 0.4) is 0 Å². The van der Waals surface area contributed by atoms with Gasteiger partial charge in [-0.05, 0) is 31.6 Å². The third kappa shape index (κ3) is 4.43. The molecule has 0 aliphatic heterocycles. The summed E-state index contributed by atoms with van der Waals surface area (Å²) in [6.07, 6.45) is 2.31. The fourth-order valence-corrected chi connectivity index (χ4v) is 1.39. The molecular weight excluding hydrogens is 176 g/mol. The Morgan fingerprint density at radius 2 is 1.71 bits per heavy atom. The highest BCUT2D eigenvalue weighted by Crippen LogP contribution is 2.27. The predicted molar refractivity (Wildman–Crippen MR) is 60.4 cm³/mol. The summed E-state index contributed by atoms with van der Waals surface area (Å²) in [6.45, 7) is 10.6. The van der Waals surface area contributed by atoms with E-state index < -0.39 is 0 Å². The average molecular weight is 202 g/mol. The highest BCUT2D eigenvalue weighted by atomic mass is 16.5. The lowest BCUT2D eigenvalue weighted by atomic mass is 9.84. The van der Waals surface area contributed by atoms with E-state index in [9.17, 15) is 5.11 Å². The van der Waals surface area contributed by atoms with Crippen LogP contribution in [0.15, 0.2) is 0 Å². The van der Waals surface area contributed by atoms with Crippen molar-refractivity contribution in [3.63, 3.8) is 0 Å². The Bertz CT molecular complexity index is 154. The van der Waals surface area contributed by atoms with E-state index in [0.717, 1.165) is 19.3 Å². The summed E-state index contributed by atoms with van der Waals surface area (Å²) in [5, 5.41) is 10.0. The van der Waals surface area contributed by atoms with Gasteiger partial charge in [-0.2, -0.15) is 0 Å². The molecule has 2 atom stereocenters. The molecule has 1 N–H and O–H groups in total. The van der Waals surface area contributed by atoms with Gasteiger partial charge in [-0.1, -0.05) is 27.7 Å². The maximum atomic E-state index is 10.0. The van der Waals surface area contributed by atoms with Gasteiger partial charge in [-0.25, -0.2) is 0 Å². The second-order valence-corrected chi connectivity index (χ2v) is 5.49. The van der Waals surface area contributed by atoms with Crippen LogP contribution < -0.4 is 0 Å². The molecule has 2 nitrogen and oxygen atoms in total. The van der Waals surface area contributed by atoms with Crippen LogP contribution in [-0.2, 0) is 4.74 Å². The SMILES string of the molecule is CCC(C)(OC)C(O)CCC(C)(C)C. The standard InChI is InChI=1S/C12H26O2/c1-7-12(5,14-6)10(13)8-9-11(2,3)4/h10,13H,7-9H2,1-6H3. The lowest BCUT2D eigenvalue weighted by Gasteiger charge is -2.33. The number of aliphatic hydroxyl groups excluding tert-OH is 1. The fraction of sp³-hybridized carbons (Fsp3) is 1.00. The molecular formula is C12H26O2. The Balaban J connectivity index is 4.12. The summed E-state index contributed by atoms with van der Waals surface area (Å²) in [5.74, 6) is 0. The van der Waals surface area contributed by atoms with Gasteiger partial charge in [-0.15, -0.1) is 0 Å². The van der Waals surface area contributed by atoms with Crippen molar-refractivity contribution in [1.29, 1.82) is 0 Å². The van der Waals surface area contributed by atoms with Crippen LogP contribution in [0.1, 0.15) is 53.9 Å². The molecule has 0 aliphatic carbocycles. The molecule has 2 unspecified atom stereocenters. The fourth-order valence-electron chi connectivity index (χ4n) is 1.39. The van der Waals surface area contributed by atoms with Crippen molar-refractivity contribution in [2.75, 3.05) is 7.11 Å². The minimum Gasteiger partial charge on any atom is -0.390 e. The van der Waals surface area contributed by atoms with Crippen LogP contribution in [0.2, 0.25) is 0 Å². The first-order valence-electron chi connectivity index (χ1n) is 5.48. The summed E-state index contributed by atoms with van der Waals surface area (Å²) < 4.78 is 5.36. The van der Waals surface area contributed by atoms with Crippen LogP contribution >= 0.6 is 0 Å². The van der Waals surface area contributed by atoms with Crippen molar-refractivity contribution < 1.29 is 9.84 Å². The van der Waals surface area contributed by atoms with E-state index in [-0.39, 0.29) is 17.1 Å². The Kier molecular flexibility index (Phi) is 5.10. The van der Waals surface area contributed by atoms with Crippen molar-refractivity contribution in [1.82, 2.24) is 0 Å². The van der Waals surface area contributed by atoms with Gasteiger partial charge in [0, 0.05) is 7.11 Å². The van der Waals surface area contributed by atoms with Crippen LogP contribution in [0.5, 0.6) is 0 Å². The van der Waals surface area contributed by atoms with Crippen LogP contribution in [0, 0.1) is 5.41 Å². The van der Waals surface area contributed by atoms with Crippen molar-refractivity contribution in [3.05, 3.63) is 0 Å². The minimum atomic E-state index is -0.384. The molecule has 0 aromatic heterocycles. The molecule has 0 rings (SSSR count). The van der Waals surface area contributed by atoms with Gasteiger partial charge in [0.2, 0.25) is 0 Å². The van der Waals surface area contributed by atoms with Crippen molar-refractivity contribution >= 4 is 0 Å². The largest absolute Gasteiger partial charge is 0.390 e. The zero-order valence-corrected chi connectivity index (χ0v) is 10.6. The molecule has 0 spiro atoms. The van der Waals surface area contributed by atoms with Gasteiger partial charge >= 0.3 is 0 Å². The Hall–Kier alpha value is -0.0800. The minimum absolute atomic E-state index is 0.281. The highest BCUT2D eigenvalue weighted by molar-refractivity contribution is 4.83. The number of aliphatic hydroxyl groups is 1. The Labute approximate surface area is 88.7 Å². The Morgan fingerprint density at radius 1 is 1.21 bits per heavy atom. The van der Waals surface area contributed by atoms with Gasteiger partial charge in [0.05, 0.1) is 11.7 Å². The number of hydrogen-bond donors (Lipinski definition) is 1. The molecule has 0 aliphatic rings. The molecule has 0 saturated carbocycles. The second kappa shape index (κ2) is 5.13.